The topological polar surface area (TPSA) is 281 Å². The molecule has 34 heavy (non-hydrogen) atoms. The van der Waals surface area contributed by atoms with Crippen molar-refractivity contribution in [3.05, 3.63) is 18.2 Å². The zero-order valence-corrected chi connectivity index (χ0v) is 18.2. The van der Waals surface area contributed by atoms with Crippen LogP contribution in [-0.2, 0) is 30.4 Å². The molecule has 3 atom stereocenters. The molecule has 1 rings (SSSR count). The third-order valence-electron chi connectivity index (χ3n) is 4.34. The maximum Gasteiger partial charge on any atom is 0.326 e. The van der Waals surface area contributed by atoms with Crippen LogP contribution in [0.1, 0.15) is 25.0 Å². The van der Waals surface area contributed by atoms with Gasteiger partial charge in [0.2, 0.25) is 17.7 Å². The number of nitrogens with zero attached hydrogens (tertiary/aromatic N) is 2. The number of rotatable bonds is 15. The van der Waals surface area contributed by atoms with E-state index in [1.54, 1.807) is 0 Å². The smallest absolute Gasteiger partial charge is 0.326 e. The molecule has 0 spiro atoms. The average Bonchev–Trinajstić information content (AvgIpc) is 3.25. The minimum atomic E-state index is -1.36. The second-order valence-electron chi connectivity index (χ2n) is 7.17. The van der Waals surface area contributed by atoms with E-state index in [1.165, 1.54) is 12.5 Å². The Morgan fingerprint density at radius 1 is 1.09 bits per heavy atom. The molecule has 1 heterocycles. The van der Waals surface area contributed by atoms with Gasteiger partial charge in [-0.3, -0.25) is 24.2 Å². The third-order valence-corrected chi connectivity index (χ3v) is 4.34. The number of aliphatic imine (C=N–C) groups is 1. The molecule has 0 saturated carbocycles. The number of nitrogens with two attached hydrogens (primary N) is 3. The Kier molecular flexibility index (Phi) is 11.5. The van der Waals surface area contributed by atoms with Crippen LogP contribution >= 0.6 is 0 Å². The van der Waals surface area contributed by atoms with Crippen LogP contribution in [0.15, 0.2) is 17.5 Å². The van der Waals surface area contributed by atoms with Crippen molar-refractivity contribution < 1.29 is 34.2 Å². The van der Waals surface area contributed by atoms with Gasteiger partial charge in [0.25, 0.3) is 0 Å². The molecule has 0 aliphatic rings. The van der Waals surface area contributed by atoms with Gasteiger partial charge in [-0.25, -0.2) is 9.78 Å². The van der Waals surface area contributed by atoms with Gasteiger partial charge in [-0.2, -0.15) is 0 Å². The summed E-state index contributed by atoms with van der Waals surface area (Å²) in [7, 11) is 0. The predicted octanol–water partition coefficient (Wildman–Crippen LogP) is -4.02. The summed E-state index contributed by atoms with van der Waals surface area (Å²) in [6, 6.07) is -3.84. The molecule has 12 N–H and O–H groups in total. The van der Waals surface area contributed by atoms with E-state index in [4.69, 9.17) is 22.3 Å². The van der Waals surface area contributed by atoms with Crippen molar-refractivity contribution in [2.45, 2.75) is 43.8 Å². The number of carboxylic acid groups (broad SMARTS) is 2. The largest absolute Gasteiger partial charge is 0.481 e. The van der Waals surface area contributed by atoms with Crippen LogP contribution in [-0.4, -0.2) is 87.0 Å². The number of aromatic nitrogens is 2. The molecule has 16 nitrogen and oxygen atoms in total. The number of imidazole rings is 1. The molecule has 0 radical (unpaired) electrons. The molecule has 0 aliphatic heterocycles. The van der Waals surface area contributed by atoms with Crippen LogP contribution in [0.3, 0.4) is 0 Å². The minimum absolute atomic E-state index is 0.0528. The van der Waals surface area contributed by atoms with E-state index in [1.807, 2.05) is 0 Å². The van der Waals surface area contributed by atoms with Crippen molar-refractivity contribution in [1.29, 1.82) is 0 Å². The van der Waals surface area contributed by atoms with Crippen LogP contribution < -0.4 is 33.2 Å². The average molecular weight is 483 g/mol. The monoisotopic (exact) mass is 483 g/mol. The van der Waals surface area contributed by atoms with E-state index >= 15 is 0 Å². The molecule has 1 aromatic heterocycles. The van der Waals surface area contributed by atoms with E-state index < -0.39 is 60.8 Å². The Morgan fingerprint density at radius 3 is 2.35 bits per heavy atom. The maximum atomic E-state index is 12.7. The number of guanidine groups is 1. The number of aliphatic carboxylic acids is 2. The Labute approximate surface area is 193 Å². The number of hydrogen-bond acceptors (Lipinski definition) is 8. The highest BCUT2D eigenvalue weighted by atomic mass is 16.4. The van der Waals surface area contributed by atoms with Crippen molar-refractivity contribution in [1.82, 2.24) is 25.9 Å². The van der Waals surface area contributed by atoms with Crippen molar-refractivity contribution in [3.63, 3.8) is 0 Å². The molecule has 0 aliphatic carbocycles. The highest BCUT2D eigenvalue weighted by molar-refractivity contribution is 5.93. The molecular weight excluding hydrogens is 454 g/mol. The maximum absolute atomic E-state index is 12.7. The Morgan fingerprint density at radius 2 is 1.79 bits per heavy atom. The fourth-order valence-electron chi connectivity index (χ4n) is 2.69. The molecule has 1 aromatic rings. The van der Waals surface area contributed by atoms with Gasteiger partial charge in [0.15, 0.2) is 5.96 Å². The van der Waals surface area contributed by atoms with Crippen molar-refractivity contribution >= 4 is 35.6 Å². The normalized spacial score (nSPS) is 13.1. The van der Waals surface area contributed by atoms with Crippen molar-refractivity contribution in [2.75, 3.05) is 13.1 Å². The summed E-state index contributed by atoms with van der Waals surface area (Å²) < 4.78 is 0. The number of amides is 3. The first-order valence-electron chi connectivity index (χ1n) is 10.1. The van der Waals surface area contributed by atoms with Crippen LogP contribution in [0.5, 0.6) is 0 Å². The summed E-state index contributed by atoms with van der Waals surface area (Å²) >= 11 is 0. The number of nitrogens with one attached hydrogen (secondary N) is 4. The summed E-state index contributed by atoms with van der Waals surface area (Å²) in [4.78, 5) is 69.3. The zero-order valence-electron chi connectivity index (χ0n) is 18.2. The first kappa shape index (κ1) is 27.8. The molecule has 188 valence electrons. The van der Waals surface area contributed by atoms with Gasteiger partial charge in [0.05, 0.1) is 25.3 Å². The number of hydrogen-bond donors (Lipinski definition) is 9. The standard InChI is InChI=1S/C18H29N9O7/c19-10(5-14(29)30)15(31)24-7-13(28)26-11(2-1-3-23-18(20)21)16(32)27-12(17(33)34)4-9-6-22-8-25-9/h6,8,10-12H,1-5,7,19H2,(H,22,25)(H,24,31)(H,26,28)(H,27,32)(H,29,30)(H,33,34)(H4,20,21,23). The second-order valence-corrected chi connectivity index (χ2v) is 7.17. The van der Waals surface area contributed by atoms with Gasteiger partial charge >= 0.3 is 11.9 Å². The minimum Gasteiger partial charge on any atom is -0.481 e. The zero-order chi connectivity index (χ0) is 25.7. The lowest BCUT2D eigenvalue weighted by atomic mass is 10.1. The molecule has 3 amide bonds. The Bertz CT molecular complexity index is 884. The molecular formula is C18H29N9O7. The van der Waals surface area contributed by atoms with Gasteiger partial charge in [-0.1, -0.05) is 0 Å². The van der Waals surface area contributed by atoms with Gasteiger partial charge in [0, 0.05) is 24.9 Å². The second kappa shape index (κ2) is 14.0. The number of H-pyrrole nitrogens is 1. The number of carbonyl (C=O) groups excluding carboxylic acids is 3. The molecule has 0 aromatic carbocycles. The highest BCUT2D eigenvalue weighted by Gasteiger charge is 2.27. The van der Waals surface area contributed by atoms with Gasteiger partial charge < -0.3 is 48.3 Å². The van der Waals surface area contributed by atoms with Crippen LogP contribution in [0, 0.1) is 0 Å². The van der Waals surface area contributed by atoms with E-state index in [-0.39, 0.29) is 31.8 Å². The molecule has 0 fully saturated rings. The van der Waals surface area contributed by atoms with Crippen LogP contribution in [0.4, 0.5) is 0 Å². The predicted molar refractivity (Wildman–Crippen MR) is 117 cm³/mol. The van der Waals surface area contributed by atoms with E-state index in [0.29, 0.717) is 5.69 Å². The number of aromatic amines is 1. The highest BCUT2D eigenvalue weighted by Crippen LogP contribution is 2.03. The Hall–Kier alpha value is -4.21. The molecule has 16 heteroatoms. The number of carboxylic acids is 2. The summed E-state index contributed by atoms with van der Waals surface area (Å²) in [5.74, 6) is -5.16. The first-order chi connectivity index (χ1) is 16.0. The third kappa shape index (κ3) is 10.9. The number of carbonyl (C=O) groups is 5. The Balaban J connectivity index is 2.77. The van der Waals surface area contributed by atoms with E-state index in [0.717, 1.165) is 0 Å². The molecule has 0 saturated heterocycles. The van der Waals surface area contributed by atoms with Crippen molar-refractivity contribution in [2.24, 2.45) is 22.2 Å². The lowest BCUT2D eigenvalue weighted by Gasteiger charge is -2.21. The van der Waals surface area contributed by atoms with Gasteiger partial charge in [-0.15, -0.1) is 0 Å². The van der Waals surface area contributed by atoms with Crippen LogP contribution in [0.2, 0.25) is 0 Å². The first-order valence-corrected chi connectivity index (χ1v) is 10.1. The summed E-state index contributed by atoms with van der Waals surface area (Å²) in [5.41, 5.74) is 16.4. The summed E-state index contributed by atoms with van der Waals surface area (Å²) in [5, 5.41) is 25.0. The fraction of sp³-hybridized carbons (Fsp3) is 0.500. The SMILES string of the molecule is NC(N)=NCCCC(NC(=O)CNC(=O)C(N)CC(=O)O)C(=O)NC(Cc1cnc[nH]1)C(=O)O. The van der Waals surface area contributed by atoms with Gasteiger partial charge in [0.1, 0.15) is 12.1 Å². The summed E-state index contributed by atoms with van der Waals surface area (Å²) in [6.07, 6.45) is 2.39. The molecule has 0 bridgehead atoms. The van der Waals surface area contributed by atoms with Gasteiger partial charge in [-0.05, 0) is 12.8 Å². The van der Waals surface area contributed by atoms with Crippen molar-refractivity contribution in [3.8, 4) is 0 Å². The van der Waals surface area contributed by atoms with E-state index in [9.17, 15) is 29.1 Å². The van der Waals surface area contributed by atoms with E-state index in [2.05, 4.69) is 30.9 Å². The van der Waals surface area contributed by atoms with Crippen LogP contribution in [0.25, 0.3) is 0 Å². The quantitative estimate of drug-likeness (QED) is 0.0657. The lowest BCUT2D eigenvalue weighted by Crippen LogP contribution is -2.54. The lowest BCUT2D eigenvalue weighted by molar-refractivity contribution is -0.142. The fourth-order valence-corrected chi connectivity index (χ4v) is 2.69. The summed E-state index contributed by atoms with van der Waals surface area (Å²) in [6.45, 7) is -0.431. The molecule has 3 unspecified atom stereocenters.